The Kier molecular flexibility index (Phi) is 6.05. The number of sulfonamides is 1. The molecule has 1 aliphatic heterocycles. The first kappa shape index (κ1) is 21.4. The van der Waals surface area contributed by atoms with Crippen LogP contribution in [0.5, 0.6) is 0 Å². The molecule has 0 amide bonds. The number of hydrogen-bond acceptors (Lipinski definition) is 10. The van der Waals surface area contributed by atoms with Crippen LogP contribution >= 0.6 is 0 Å². The predicted molar refractivity (Wildman–Crippen MR) is 108 cm³/mol. The number of nitrogens with zero attached hydrogens (tertiary/aromatic N) is 7. The smallest absolute Gasteiger partial charge is 0.248 e. The molecule has 3 rings (SSSR count). The van der Waals surface area contributed by atoms with Gasteiger partial charge in [-0.3, -0.25) is 4.90 Å². The lowest BCUT2D eigenvalue weighted by Crippen LogP contribution is -2.36. The lowest BCUT2D eigenvalue weighted by Gasteiger charge is -2.27. The average molecular weight is 425 g/mol. The fourth-order valence-electron chi connectivity index (χ4n) is 3.46. The summed E-state index contributed by atoms with van der Waals surface area (Å²) in [4.78, 5) is 17.0. The Morgan fingerprint density at radius 2 is 1.83 bits per heavy atom. The second kappa shape index (κ2) is 8.20. The molecule has 160 valence electrons. The van der Waals surface area contributed by atoms with Gasteiger partial charge in [-0.15, -0.1) is 0 Å². The molecule has 1 aliphatic rings. The highest BCUT2D eigenvalue weighted by Gasteiger charge is 2.33. The third-order valence-electron chi connectivity index (χ3n) is 5.03. The van der Waals surface area contributed by atoms with E-state index in [9.17, 15) is 8.42 Å². The number of hydrogen-bond donors (Lipinski definition) is 1. The van der Waals surface area contributed by atoms with Crippen LogP contribution < -0.4 is 10.6 Å². The van der Waals surface area contributed by atoms with Crippen molar-refractivity contribution in [1.29, 1.82) is 0 Å². The van der Waals surface area contributed by atoms with E-state index in [1.807, 2.05) is 21.0 Å². The van der Waals surface area contributed by atoms with E-state index in [1.54, 1.807) is 18.7 Å². The minimum atomic E-state index is -3.66. The zero-order chi connectivity index (χ0) is 21.3. The van der Waals surface area contributed by atoms with Crippen molar-refractivity contribution in [3.63, 3.8) is 0 Å². The summed E-state index contributed by atoms with van der Waals surface area (Å²) in [5, 5.41) is 3.78. The summed E-state index contributed by atoms with van der Waals surface area (Å²) >= 11 is 0. The maximum Gasteiger partial charge on any atom is 0.248 e. The summed E-state index contributed by atoms with van der Waals surface area (Å²) in [6.07, 6.45) is 0.689. The summed E-state index contributed by atoms with van der Waals surface area (Å²) < 4.78 is 32.8. The highest BCUT2D eigenvalue weighted by molar-refractivity contribution is 7.89. The molecule has 1 fully saturated rings. The first-order valence-corrected chi connectivity index (χ1v) is 10.9. The second-order valence-corrected chi connectivity index (χ2v) is 9.24. The molecular formula is C17H28N8O3S. The molecule has 1 saturated heterocycles. The summed E-state index contributed by atoms with van der Waals surface area (Å²) in [6.45, 7) is 7.31. The van der Waals surface area contributed by atoms with Crippen molar-refractivity contribution in [2.24, 2.45) is 0 Å². The van der Waals surface area contributed by atoms with Gasteiger partial charge in [-0.1, -0.05) is 5.16 Å². The molecule has 3 heterocycles. The van der Waals surface area contributed by atoms with Gasteiger partial charge in [-0.2, -0.15) is 19.3 Å². The number of aryl methyl sites for hydroxylation is 2. The summed E-state index contributed by atoms with van der Waals surface area (Å²) in [5.74, 6) is 1.55. The normalized spacial score (nSPS) is 17.8. The van der Waals surface area contributed by atoms with E-state index in [4.69, 9.17) is 10.3 Å². The zero-order valence-corrected chi connectivity index (χ0v) is 18.3. The maximum atomic E-state index is 13.1. The van der Waals surface area contributed by atoms with Crippen molar-refractivity contribution >= 4 is 21.9 Å². The van der Waals surface area contributed by atoms with Crippen LogP contribution in [0, 0.1) is 13.8 Å². The largest absolute Gasteiger partial charge is 0.368 e. The van der Waals surface area contributed by atoms with Gasteiger partial charge < -0.3 is 15.2 Å². The van der Waals surface area contributed by atoms with E-state index in [-0.39, 0.29) is 16.9 Å². The molecule has 0 bridgehead atoms. The number of nitrogen functional groups attached to an aromatic ring is 1. The van der Waals surface area contributed by atoms with Gasteiger partial charge in [0.05, 0.1) is 6.04 Å². The molecule has 12 heteroatoms. The highest BCUT2D eigenvalue weighted by atomic mass is 32.2. The molecule has 0 saturated carbocycles. The molecule has 0 spiro atoms. The van der Waals surface area contributed by atoms with Crippen molar-refractivity contribution in [2.75, 3.05) is 50.9 Å². The molecule has 0 aromatic carbocycles. The number of rotatable bonds is 5. The van der Waals surface area contributed by atoms with Crippen molar-refractivity contribution in [1.82, 2.24) is 29.3 Å². The fraction of sp³-hybridized carbons (Fsp3) is 0.647. The van der Waals surface area contributed by atoms with Gasteiger partial charge in [0.25, 0.3) is 0 Å². The average Bonchev–Trinajstić information content (AvgIpc) is 2.85. The van der Waals surface area contributed by atoms with Gasteiger partial charge in [-0.25, -0.2) is 8.42 Å². The molecule has 11 nitrogen and oxygen atoms in total. The van der Waals surface area contributed by atoms with Gasteiger partial charge in [0.1, 0.15) is 10.6 Å². The SMILES string of the molecule is Cc1noc(C)c1S(=O)(=O)N1CCCN([C@@H](C)c2nc(N)nc(N(C)C)n2)CC1. The summed E-state index contributed by atoms with van der Waals surface area (Å²) in [5.41, 5.74) is 6.23. The molecule has 2 aromatic heterocycles. The van der Waals surface area contributed by atoms with Gasteiger partial charge in [0, 0.05) is 40.3 Å². The minimum absolute atomic E-state index is 0.124. The first-order chi connectivity index (χ1) is 13.6. The Morgan fingerprint density at radius 1 is 1.10 bits per heavy atom. The van der Waals surface area contributed by atoms with E-state index in [2.05, 4.69) is 25.0 Å². The van der Waals surface area contributed by atoms with Crippen molar-refractivity contribution < 1.29 is 12.9 Å². The first-order valence-electron chi connectivity index (χ1n) is 9.47. The minimum Gasteiger partial charge on any atom is -0.368 e. The van der Waals surface area contributed by atoms with Crippen molar-refractivity contribution in [3.8, 4) is 0 Å². The summed E-state index contributed by atoms with van der Waals surface area (Å²) in [7, 11) is 0.0204. The Morgan fingerprint density at radius 3 is 2.45 bits per heavy atom. The molecular weight excluding hydrogens is 396 g/mol. The Hall–Kier alpha value is -2.31. The third-order valence-corrected chi connectivity index (χ3v) is 7.18. The van der Waals surface area contributed by atoms with Gasteiger partial charge >= 0.3 is 0 Å². The van der Waals surface area contributed by atoms with E-state index in [0.717, 1.165) is 6.54 Å². The third kappa shape index (κ3) is 4.33. The van der Waals surface area contributed by atoms with Crippen LogP contribution in [-0.4, -0.2) is 78.0 Å². The second-order valence-electron chi connectivity index (χ2n) is 7.37. The molecule has 2 aromatic rings. The van der Waals surface area contributed by atoms with Crippen molar-refractivity contribution in [2.45, 2.75) is 38.1 Å². The molecule has 0 aliphatic carbocycles. The maximum absolute atomic E-state index is 13.1. The van der Waals surface area contributed by atoms with Crippen LogP contribution in [-0.2, 0) is 10.0 Å². The quantitative estimate of drug-likeness (QED) is 0.726. The highest BCUT2D eigenvalue weighted by Crippen LogP contribution is 2.26. The van der Waals surface area contributed by atoms with Crippen LogP contribution in [0.2, 0.25) is 0 Å². The predicted octanol–water partition coefficient (Wildman–Crippen LogP) is 0.582. The fourth-order valence-corrected chi connectivity index (χ4v) is 5.22. The van der Waals surface area contributed by atoms with Gasteiger partial charge in [0.15, 0.2) is 11.6 Å². The van der Waals surface area contributed by atoms with Crippen LogP contribution in [0.25, 0.3) is 0 Å². The molecule has 0 unspecified atom stereocenters. The van der Waals surface area contributed by atoms with E-state index < -0.39 is 10.0 Å². The van der Waals surface area contributed by atoms with E-state index >= 15 is 0 Å². The monoisotopic (exact) mass is 424 g/mol. The molecule has 1 atom stereocenters. The molecule has 2 N–H and O–H groups in total. The van der Waals surface area contributed by atoms with Crippen LogP contribution in [0.3, 0.4) is 0 Å². The van der Waals surface area contributed by atoms with Gasteiger partial charge in [-0.05, 0) is 27.2 Å². The molecule has 29 heavy (non-hydrogen) atoms. The van der Waals surface area contributed by atoms with Gasteiger partial charge in [0.2, 0.25) is 21.9 Å². The van der Waals surface area contributed by atoms with E-state index in [0.29, 0.717) is 49.3 Å². The summed E-state index contributed by atoms with van der Waals surface area (Å²) in [6, 6.07) is -0.124. The van der Waals surface area contributed by atoms with Crippen LogP contribution in [0.1, 0.15) is 36.7 Å². The number of aromatic nitrogens is 4. The topological polar surface area (TPSA) is 135 Å². The van der Waals surface area contributed by atoms with E-state index in [1.165, 1.54) is 4.31 Å². The van der Waals surface area contributed by atoms with Crippen LogP contribution in [0.15, 0.2) is 9.42 Å². The lowest BCUT2D eigenvalue weighted by molar-refractivity contribution is 0.213. The Labute approximate surface area is 171 Å². The molecule has 0 radical (unpaired) electrons. The number of nitrogens with two attached hydrogens (primary N) is 1. The number of anilines is 2. The standard InChI is InChI=1S/C17H28N8O3S/c1-11-14(13(3)28-22-11)29(26,27)25-8-6-7-24(9-10-25)12(2)15-19-16(18)21-17(20-15)23(4)5/h12H,6-10H2,1-5H3,(H2,18,19,20,21)/t12-/m0/s1. The Balaban J connectivity index is 1.78. The van der Waals surface area contributed by atoms with Crippen molar-refractivity contribution in [3.05, 3.63) is 17.3 Å². The van der Waals surface area contributed by atoms with Crippen LogP contribution in [0.4, 0.5) is 11.9 Å². The zero-order valence-electron chi connectivity index (χ0n) is 17.5. The lowest BCUT2D eigenvalue weighted by atomic mass is 10.2. The Bertz CT molecular complexity index is 956.